The number of nitrogens with zero attached hydrogens (tertiary/aromatic N) is 3. The van der Waals surface area contributed by atoms with Crippen molar-refractivity contribution in [3.8, 4) is 16.9 Å². The highest BCUT2D eigenvalue weighted by atomic mass is 16.5. The van der Waals surface area contributed by atoms with Crippen molar-refractivity contribution < 1.29 is 4.74 Å². The maximum Gasteiger partial charge on any atom is 0.137 e. The van der Waals surface area contributed by atoms with E-state index in [1.807, 2.05) is 16.8 Å². The SMILES string of the molecule is COc1ccc(-c2ccc3c(c2)CCC3n2cncn2)cc1. The van der Waals surface area contributed by atoms with Gasteiger partial charge in [0, 0.05) is 0 Å². The van der Waals surface area contributed by atoms with Gasteiger partial charge in [-0.3, -0.25) is 0 Å². The normalized spacial score (nSPS) is 16.5. The monoisotopic (exact) mass is 291 g/mol. The summed E-state index contributed by atoms with van der Waals surface area (Å²) in [6.45, 7) is 0. The molecule has 110 valence electrons. The number of aromatic nitrogens is 3. The largest absolute Gasteiger partial charge is 0.497 e. The summed E-state index contributed by atoms with van der Waals surface area (Å²) in [7, 11) is 1.69. The Balaban J connectivity index is 1.68. The van der Waals surface area contributed by atoms with E-state index in [9.17, 15) is 0 Å². The first-order valence-electron chi connectivity index (χ1n) is 7.46. The van der Waals surface area contributed by atoms with Crippen LogP contribution in [0.1, 0.15) is 23.6 Å². The van der Waals surface area contributed by atoms with Gasteiger partial charge >= 0.3 is 0 Å². The van der Waals surface area contributed by atoms with Crippen LogP contribution in [0.2, 0.25) is 0 Å². The van der Waals surface area contributed by atoms with Gasteiger partial charge in [-0.15, -0.1) is 0 Å². The van der Waals surface area contributed by atoms with Crippen molar-refractivity contribution >= 4 is 0 Å². The molecule has 1 atom stereocenters. The summed E-state index contributed by atoms with van der Waals surface area (Å²) in [6.07, 6.45) is 5.58. The molecule has 1 heterocycles. The molecule has 1 unspecified atom stereocenters. The molecule has 4 rings (SSSR count). The molecule has 4 nitrogen and oxygen atoms in total. The van der Waals surface area contributed by atoms with Crippen LogP contribution in [0.4, 0.5) is 0 Å². The van der Waals surface area contributed by atoms with Crippen molar-refractivity contribution in [1.29, 1.82) is 0 Å². The Kier molecular flexibility index (Phi) is 3.15. The quantitative estimate of drug-likeness (QED) is 0.741. The summed E-state index contributed by atoms with van der Waals surface area (Å²) in [5.74, 6) is 0.885. The molecule has 0 saturated carbocycles. The van der Waals surface area contributed by atoms with E-state index < -0.39 is 0 Å². The van der Waals surface area contributed by atoms with E-state index in [2.05, 4.69) is 40.4 Å². The van der Waals surface area contributed by atoms with Crippen molar-refractivity contribution in [3.05, 3.63) is 66.2 Å². The molecule has 0 amide bonds. The van der Waals surface area contributed by atoms with Gasteiger partial charge < -0.3 is 4.74 Å². The smallest absolute Gasteiger partial charge is 0.137 e. The van der Waals surface area contributed by atoms with Gasteiger partial charge in [-0.2, -0.15) is 5.10 Å². The molecule has 0 radical (unpaired) electrons. The van der Waals surface area contributed by atoms with Crippen LogP contribution in [0.25, 0.3) is 11.1 Å². The van der Waals surface area contributed by atoms with E-state index in [0.717, 1.165) is 18.6 Å². The van der Waals surface area contributed by atoms with E-state index in [4.69, 9.17) is 4.74 Å². The van der Waals surface area contributed by atoms with Crippen molar-refractivity contribution in [1.82, 2.24) is 14.8 Å². The van der Waals surface area contributed by atoms with Crippen LogP contribution < -0.4 is 4.74 Å². The second kappa shape index (κ2) is 5.30. The van der Waals surface area contributed by atoms with Crippen LogP contribution in [0.3, 0.4) is 0 Å². The standard InChI is InChI=1S/C18H17N3O/c1-22-16-6-2-13(3-7-16)14-4-8-17-15(10-14)5-9-18(17)21-12-19-11-20-21/h2-4,6-8,10-12,18H,5,9H2,1H3. The molecule has 1 aromatic heterocycles. The minimum atomic E-state index is 0.322. The summed E-state index contributed by atoms with van der Waals surface area (Å²) >= 11 is 0. The number of aryl methyl sites for hydroxylation is 1. The van der Waals surface area contributed by atoms with E-state index >= 15 is 0 Å². The lowest BCUT2D eigenvalue weighted by Gasteiger charge is -2.12. The zero-order valence-corrected chi connectivity index (χ0v) is 12.4. The predicted octanol–water partition coefficient (Wildman–Crippen LogP) is 3.49. The first-order valence-corrected chi connectivity index (χ1v) is 7.46. The highest BCUT2D eigenvalue weighted by Gasteiger charge is 2.24. The van der Waals surface area contributed by atoms with Gasteiger partial charge in [0.1, 0.15) is 18.4 Å². The van der Waals surface area contributed by atoms with Crippen molar-refractivity contribution in [2.45, 2.75) is 18.9 Å². The Morgan fingerprint density at radius 2 is 1.91 bits per heavy atom. The Morgan fingerprint density at radius 3 is 2.64 bits per heavy atom. The number of ether oxygens (including phenoxy) is 1. The average molecular weight is 291 g/mol. The number of hydrogen-bond donors (Lipinski definition) is 0. The molecule has 1 aliphatic rings. The van der Waals surface area contributed by atoms with E-state index in [1.165, 1.54) is 22.3 Å². The zero-order chi connectivity index (χ0) is 14.9. The molecule has 0 N–H and O–H groups in total. The number of rotatable bonds is 3. The second-order valence-corrected chi connectivity index (χ2v) is 5.57. The molecular weight excluding hydrogens is 274 g/mol. The molecular formula is C18H17N3O. The van der Waals surface area contributed by atoms with Gasteiger partial charge in [-0.1, -0.05) is 30.3 Å². The predicted molar refractivity (Wildman–Crippen MR) is 84.9 cm³/mol. The lowest BCUT2D eigenvalue weighted by Crippen LogP contribution is -2.07. The van der Waals surface area contributed by atoms with Crippen molar-refractivity contribution in [3.63, 3.8) is 0 Å². The van der Waals surface area contributed by atoms with Gasteiger partial charge in [-0.25, -0.2) is 9.67 Å². The number of methoxy groups -OCH3 is 1. The molecule has 0 spiro atoms. The topological polar surface area (TPSA) is 39.9 Å². The number of benzene rings is 2. The molecule has 3 aromatic rings. The molecule has 0 aliphatic heterocycles. The lowest BCUT2D eigenvalue weighted by molar-refractivity contribution is 0.415. The minimum absolute atomic E-state index is 0.322. The van der Waals surface area contributed by atoms with Gasteiger partial charge in [0.2, 0.25) is 0 Å². The van der Waals surface area contributed by atoms with Gasteiger partial charge in [-0.05, 0) is 47.2 Å². The van der Waals surface area contributed by atoms with Gasteiger partial charge in [0.05, 0.1) is 13.2 Å². The number of fused-ring (bicyclic) bond motifs is 1. The maximum atomic E-state index is 5.22. The highest BCUT2D eigenvalue weighted by Crippen LogP contribution is 2.36. The third-order valence-corrected chi connectivity index (χ3v) is 4.37. The van der Waals surface area contributed by atoms with Crippen LogP contribution in [0.15, 0.2) is 55.1 Å². The maximum absolute atomic E-state index is 5.22. The minimum Gasteiger partial charge on any atom is -0.497 e. The Labute approximate surface area is 129 Å². The molecule has 22 heavy (non-hydrogen) atoms. The summed E-state index contributed by atoms with van der Waals surface area (Å²) in [5.41, 5.74) is 5.24. The van der Waals surface area contributed by atoms with E-state index in [0.29, 0.717) is 6.04 Å². The Hall–Kier alpha value is -2.62. The highest BCUT2D eigenvalue weighted by molar-refractivity contribution is 5.66. The lowest BCUT2D eigenvalue weighted by atomic mass is 10.00. The van der Waals surface area contributed by atoms with Crippen LogP contribution in [0.5, 0.6) is 5.75 Å². The molecule has 0 bridgehead atoms. The first-order chi connectivity index (χ1) is 10.8. The molecule has 0 fully saturated rings. The van der Waals surface area contributed by atoms with Crippen LogP contribution >= 0.6 is 0 Å². The van der Waals surface area contributed by atoms with E-state index in [-0.39, 0.29) is 0 Å². The fourth-order valence-corrected chi connectivity index (χ4v) is 3.21. The second-order valence-electron chi connectivity index (χ2n) is 5.57. The first kappa shape index (κ1) is 13.1. The molecule has 4 heteroatoms. The van der Waals surface area contributed by atoms with Crippen molar-refractivity contribution in [2.24, 2.45) is 0 Å². The molecule has 2 aromatic carbocycles. The third-order valence-electron chi connectivity index (χ3n) is 4.37. The van der Waals surface area contributed by atoms with Crippen molar-refractivity contribution in [2.75, 3.05) is 7.11 Å². The average Bonchev–Trinajstić information content (AvgIpc) is 3.23. The third kappa shape index (κ3) is 2.17. The van der Waals surface area contributed by atoms with Gasteiger partial charge in [0.15, 0.2) is 0 Å². The Morgan fingerprint density at radius 1 is 1.09 bits per heavy atom. The summed E-state index contributed by atoms with van der Waals surface area (Å²) in [5, 5.41) is 4.29. The Bertz CT molecular complexity index is 779. The fourth-order valence-electron chi connectivity index (χ4n) is 3.21. The van der Waals surface area contributed by atoms with Crippen LogP contribution in [-0.2, 0) is 6.42 Å². The molecule has 1 aliphatic carbocycles. The van der Waals surface area contributed by atoms with Gasteiger partial charge in [0.25, 0.3) is 0 Å². The van der Waals surface area contributed by atoms with E-state index in [1.54, 1.807) is 19.8 Å². The molecule has 0 saturated heterocycles. The fraction of sp³-hybridized carbons (Fsp3) is 0.222. The summed E-state index contributed by atoms with van der Waals surface area (Å²) in [6, 6.07) is 15.2. The van der Waals surface area contributed by atoms with Crippen LogP contribution in [-0.4, -0.2) is 21.9 Å². The zero-order valence-electron chi connectivity index (χ0n) is 12.4. The number of hydrogen-bond acceptors (Lipinski definition) is 3. The summed E-state index contributed by atoms with van der Waals surface area (Å²) < 4.78 is 7.18. The summed E-state index contributed by atoms with van der Waals surface area (Å²) in [4.78, 5) is 4.06. The van der Waals surface area contributed by atoms with Crippen LogP contribution in [0, 0.1) is 0 Å².